The van der Waals surface area contributed by atoms with Crippen LogP contribution in [-0.4, -0.2) is 61.9 Å². The number of carbonyl (C=O) groups excluding carboxylic acids is 3. The van der Waals surface area contributed by atoms with Gasteiger partial charge in [-0.25, -0.2) is 0 Å². The number of aliphatic hydroxyl groups is 1. The minimum atomic E-state index is -0.553. The molecule has 0 aromatic rings. The number of hydrogen-bond acceptors (Lipinski definition) is 6. The standard InChI is InChI=1S/C21H36N2O6/c1-4-6-7-8-10-20(26)29-16-17(3)23-21(27)18(9-5-2)15-19(25)22-11-13-28-14-12-24/h4-5,17-18,24H,1-2,6-16H2,3H3,(H,22,25)(H,23,27)/t17-,18-/m0/s1. The maximum atomic E-state index is 12.4. The van der Waals surface area contributed by atoms with Crippen LogP contribution in [0.1, 0.15) is 45.4 Å². The Morgan fingerprint density at radius 2 is 1.90 bits per heavy atom. The van der Waals surface area contributed by atoms with Gasteiger partial charge in [-0.2, -0.15) is 0 Å². The fourth-order valence-electron chi connectivity index (χ4n) is 2.46. The van der Waals surface area contributed by atoms with E-state index < -0.39 is 5.92 Å². The molecule has 0 aliphatic heterocycles. The zero-order valence-corrected chi connectivity index (χ0v) is 17.5. The van der Waals surface area contributed by atoms with Gasteiger partial charge in [0, 0.05) is 19.4 Å². The summed E-state index contributed by atoms with van der Waals surface area (Å²) in [4.78, 5) is 36.1. The van der Waals surface area contributed by atoms with E-state index in [1.54, 1.807) is 13.0 Å². The molecule has 0 saturated heterocycles. The van der Waals surface area contributed by atoms with Gasteiger partial charge in [-0.05, 0) is 32.6 Å². The number of unbranched alkanes of at least 4 members (excludes halogenated alkanes) is 2. The fourth-order valence-corrected chi connectivity index (χ4v) is 2.46. The summed E-state index contributed by atoms with van der Waals surface area (Å²) in [6.45, 7) is 9.84. The molecule has 0 aliphatic carbocycles. The molecule has 0 bridgehead atoms. The van der Waals surface area contributed by atoms with Crippen LogP contribution in [0.2, 0.25) is 0 Å². The lowest BCUT2D eigenvalue weighted by molar-refractivity contribution is -0.145. The molecular formula is C21H36N2O6. The van der Waals surface area contributed by atoms with Gasteiger partial charge in [-0.3, -0.25) is 14.4 Å². The predicted molar refractivity (Wildman–Crippen MR) is 111 cm³/mol. The molecular weight excluding hydrogens is 376 g/mol. The highest BCUT2D eigenvalue weighted by molar-refractivity contribution is 5.86. The second kappa shape index (κ2) is 17.9. The first-order chi connectivity index (χ1) is 13.9. The first kappa shape index (κ1) is 26.8. The summed E-state index contributed by atoms with van der Waals surface area (Å²) in [7, 11) is 0. The molecule has 0 rings (SSSR count). The van der Waals surface area contributed by atoms with Crippen LogP contribution in [0, 0.1) is 5.92 Å². The van der Waals surface area contributed by atoms with Crippen LogP contribution < -0.4 is 10.6 Å². The minimum absolute atomic E-state index is 0.0215. The highest BCUT2D eigenvalue weighted by atomic mass is 16.5. The summed E-state index contributed by atoms with van der Waals surface area (Å²) >= 11 is 0. The van der Waals surface area contributed by atoms with E-state index in [0.29, 0.717) is 26.0 Å². The van der Waals surface area contributed by atoms with E-state index in [1.165, 1.54) is 0 Å². The predicted octanol–water partition coefficient (Wildman–Crippen LogP) is 1.49. The Morgan fingerprint density at radius 1 is 1.14 bits per heavy atom. The van der Waals surface area contributed by atoms with Crippen molar-refractivity contribution in [1.29, 1.82) is 0 Å². The maximum Gasteiger partial charge on any atom is 0.305 e. The van der Waals surface area contributed by atoms with Gasteiger partial charge in [0.1, 0.15) is 6.61 Å². The van der Waals surface area contributed by atoms with Gasteiger partial charge in [0.05, 0.1) is 31.8 Å². The zero-order chi connectivity index (χ0) is 21.9. The first-order valence-corrected chi connectivity index (χ1v) is 10.1. The summed E-state index contributed by atoms with van der Waals surface area (Å²) in [5.41, 5.74) is 0. The van der Waals surface area contributed by atoms with Crippen LogP contribution in [0.5, 0.6) is 0 Å². The van der Waals surface area contributed by atoms with Gasteiger partial charge in [0.15, 0.2) is 0 Å². The molecule has 3 N–H and O–H groups in total. The van der Waals surface area contributed by atoms with E-state index in [9.17, 15) is 14.4 Å². The third kappa shape index (κ3) is 15.4. The molecule has 0 aromatic carbocycles. The van der Waals surface area contributed by atoms with Crippen LogP contribution in [-0.2, 0) is 23.9 Å². The van der Waals surface area contributed by atoms with Crippen molar-refractivity contribution in [2.45, 2.75) is 51.5 Å². The largest absolute Gasteiger partial charge is 0.464 e. The molecule has 2 atom stereocenters. The number of carbonyl (C=O) groups is 3. The lowest BCUT2D eigenvalue weighted by Gasteiger charge is -2.19. The summed E-state index contributed by atoms with van der Waals surface area (Å²) in [5, 5.41) is 14.1. The van der Waals surface area contributed by atoms with Gasteiger partial charge >= 0.3 is 5.97 Å². The molecule has 0 radical (unpaired) electrons. The third-order valence-electron chi connectivity index (χ3n) is 3.98. The molecule has 0 heterocycles. The molecule has 0 saturated carbocycles. The average Bonchev–Trinajstić information content (AvgIpc) is 2.69. The normalized spacial score (nSPS) is 12.5. The van der Waals surface area contributed by atoms with Crippen molar-refractivity contribution in [2.75, 3.05) is 33.0 Å². The van der Waals surface area contributed by atoms with Crippen molar-refractivity contribution >= 4 is 17.8 Å². The number of hydrogen-bond donors (Lipinski definition) is 3. The Morgan fingerprint density at radius 3 is 2.55 bits per heavy atom. The molecule has 8 heteroatoms. The molecule has 0 unspecified atom stereocenters. The van der Waals surface area contributed by atoms with Gasteiger partial charge in [0.2, 0.25) is 11.8 Å². The molecule has 29 heavy (non-hydrogen) atoms. The SMILES string of the molecule is C=CCCCCC(=O)OC[C@H](C)NC(=O)[C@@H](CC=C)CC(=O)NCCOCCO. The topological polar surface area (TPSA) is 114 Å². The van der Waals surface area contributed by atoms with Crippen molar-refractivity contribution < 1.29 is 29.0 Å². The number of rotatable bonds is 18. The van der Waals surface area contributed by atoms with E-state index in [4.69, 9.17) is 14.6 Å². The number of esters is 1. The number of allylic oxidation sites excluding steroid dienone is 2. The lowest BCUT2D eigenvalue weighted by Crippen LogP contribution is -2.41. The summed E-state index contributed by atoms with van der Waals surface area (Å²) < 4.78 is 10.2. The number of ether oxygens (including phenoxy) is 2. The minimum Gasteiger partial charge on any atom is -0.464 e. The van der Waals surface area contributed by atoms with Crippen molar-refractivity contribution in [3.05, 3.63) is 25.3 Å². The van der Waals surface area contributed by atoms with E-state index in [0.717, 1.165) is 19.3 Å². The van der Waals surface area contributed by atoms with Crippen molar-refractivity contribution in [2.24, 2.45) is 5.92 Å². The van der Waals surface area contributed by atoms with E-state index in [1.807, 2.05) is 6.08 Å². The average molecular weight is 413 g/mol. The maximum absolute atomic E-state index is 12.4. The van der Waals surface area contributed by atoms with Gasteiger partial charge in [-0.15, -0.1) is 13.2 Å². The molecule has 0 aliphatic rings. The number of nitrogens with one attached hydrogen (secondary N) is 2. The van der Waals surface area contributed by atoms with Crippen LogP contribution in [0.3, 0.4) is 0 Å². The van der Waals surface area contributed by atoms with Crippen molar-refractivity contribution in [3.8, 4) is 0 Å². The Hall–Kier alpha value is -2.19. The number of amides is 2. The first-order valence-electron chi connectivity index (χ1n) is 10.1. The van der Waals surface area contributed by atoms with Gasteiger partial charge in [-0.1, -0.05) is 12.2 Å². The third-order valence-corrected chi connectivity index (χ3v) is 3.98. The Labute approximate surface area is 173 Å². The Bertz CT molecular complexity index is 509. The fraction of sp³-hybridized carbons (Fsp3) is 0.667. The molecule has 0 spiro atoms. The van der Waals surface area contributed by atoms with E-state index in [-0.39, 0.29) is 50.1 Å². The molecule has 0 aromatic heterocycles. The molecule has 166 valence electrons. The van der Waals surface area contributed by atoms with E-state index >= 15 is 0 Å². The Kier molecular flexibility index (Phi) is 16.5. The summed E-state index contributed by atoms with van der Waals surface area (Å²) in [6, 6.07) is -0.359. The van der Waals surface area contributed by atoms with Gasteiger partial charge < -0.3 is 25.2 Å². The van der Waals surface area contributed by atoms with Crippen LogP contribution in [0.25, 0.3) is 0 Å². The van der Waals surface area contributed by atoms with Crippen molar-refractivity contribution in [3.63, 3.8) is 0 Å². The summed E-state index contributed by atoms with van der Waals surface area (Å²) in [5.74, 6) is -1.40. The molecule has 8 nitrogen and oxygen atoms in total. The quantitative estimate of drug-likeness (QED) is 0.179. The highest BCUT2D eigenvalue weighted by Gasteiger charge is 2.22. The zero-order valence-electron chi connectivity index (χ0n) is 17.5. The Balaban J connectivity index is 4.22. The monoisotopic (exact) mass is 412 g/mol. The van der Waals surface area contributed by atoms with Gasteiger partial charge in [0.25, 0.3) is 0 Å². The summed E-state index contributed by atoms with van der Waals surface area (Å²) in [6.07, 6.45) is 6.63. The molecule has 0 fully saturated rings. The van der Waals surface area contributed by atoms with E-state index in [2.05, 4.69) is 23.8 Å². The van der Waals surface area contributed by atoms with Crippen LogP contribution in [0.4, 0.5) is 0 Å². The van der Waals surface area contributed by atoms with Crippen molar-refractivity contribution in [1.82, 2.24) is 10.6 Å². The highest BCUT2D eigenvalue weighted by Crippen LogP contribution is 2.10. The van der Waals surface area contributed by atoms with Crippen LogP contribution >= 0.6 is 0 Å². The smallest absolute Gasteiger partial charge is 0.305 e. The number of aliphatic hydroxyl groups excluding tert-OH is 1. The molecule has 2 amide bonds. The second-order valence-electron chi connectivity index (χ2n) is 6.74. The lowest BCUT2D eigenvalue weighted by atomic mass is 9.99. The second-order valence-corrected chi connectivity index (χ2v) is 6.74. The van der Waals surface area contributed by atoms with Crippen LogP contribution in [0.15, 0.2) is 25.3 Å².